The molecule has 4 rings (SSSR count). The van der Waals surface area contributed by atoms with Gasteiger partial charge in [0, 0.05) is 45.1 Å². The maximum atomic E-state index is 12.8. The molecule has 0 saturated carbocycles. The standard InChI is InChI=1S/C21H24N4O.ClH/c1-2-23-11-10-22-21(23)25-14-12-24(13-15-25)20(26)16-18-8-5-7-17-6-3-4-9-19(17)18;/h3-11H,2,12-16H2,1H3;1H. The van der Waals surface area contributed by atoms with Crippen LogP contribution in [0.2, 0.25) is 0 Å². The first-order chi connectivity index (χ1) is 12.8. The third-order valence-electron chi connectivity index (χ3n) is 5.17. The van der Waals surface area contributed by atoms with Crippen LogP contribution in [0.3, 0.4) is 0 Å². The summed E-state index contributed by atoms with van der Waals surface area (Å²) in [5.74, 6) is 1.22. The van der Waals surface area contributed by atoms with E-state index in [1.807, 2.05) is 35.5 Å². The molecule has 27 heavy (non-hydrogen) atoms. The highest BCUT2D eigenvalue weighted by atomic mass is 35.5. The second kappa shape index (κ2) is 8.44. The molecule has 1 aliphatic heterocycles. The normalized spacial score (nSPS) is 14.3. The van der Waals surface area contributed by atoms with Crippen molar-refractivity contribution in [2.24, 2.45) is 0 Å². The topological polar surface area (TPSA) is 41.4 Å². The van der Waals surface area contributed by atoms with Gasteiger partial charge in [-0.05, 0) is 23.3 Å². The summed E-state index contributed by atoms with van der Waals surface area (Å²) in [6.45, 7) is 6.20. The highest BCUT2D eigenvalue weighted by Gasteiger charge is 2.23. The predicted octanol–water partition coefficient (Wildman–Crippen LogP) is 3.37. The van der Waals surface area contributed by atoms with Crippen molar-refractivity contribution in [2.45, 2.75) is 19.9 Å². The van der Waals surface area contributed by atoms with Crippen LogP contribution in [0.25, 0.3) is 10.8 Å². The molecule has 1 fully saturated rings. The Morgan fingerprint density at radius 2 is 1.78 bits per heavy atom. The van der Waals surface area contributed by atoms with Gasteiger partial charge in [0.25, 0.3) is 0 Å². The van der Waals surface area contributed by atoms with Crippen LogP contribution < -0.4 is 4.90 Å². The van der Waals surface area contributed by atoms with Gasteiger partial charge in [0.1, 0.15) is 0 Å². The number of aromatic nitrogens is 2. The van der Waals surface area contributed by atoms with Crippen LogP contribution >= 0.6 is 12.4 Å². The first kappa shape index (κ1) is 19.2. The van der Waals surface area contributed by atoms with E-state index in [1.165, 1.54) is 10.8 Å². The quantitative estimate of drug-likeness (QED) is 0.692. The molecule has 6 heteroatoms. The van der Waals surface area contributed by atoms with E-state index in [1.54, 1.807) is 0 Å². The number of nitrogens with zero attached hydrogens (tertiary/aromatic N) is 4. The molecule has 1 aromatic heterocycles. The number of imidazole rings is 1. The number of piperazine rings is 1. The zero-order valence-electron chi connectivity index (χ0n) is 15.5. The lowest BCUT2D eigenvalue weighted by Crippen LogP contribution is -2.49. The third kappa shape index (κ3) is 3.93. The number of benzene rings is 2. The molecule has 2 aromatic carbocycles. The Hall–Kier alpha value is -2.53. The fraction of sp³-hybridized carbons (Fsp3) is 0.333. The molecule has 0 aliphatic carbocycles. The minimum absolute atomic E-state index is 0. The predicted molar refractivity (Wildman–Crippen MR) is 112 cm³/mol. The van der Waals surface area contributed by atoms with Gasteiger partial charge >= 0.3 is 0 Å². The minimum Gasteiger partial charge on any atom is -0.339 e. The van der Waals surface area contributed by atoms with Crippen LogP contribution in [0.15, 0.2) is 54.9 Å². The van der Waals surface area contributed by atoms with Gasteiger partial charge in [0.15, 0.2) is 0 Å². The number of aryl methyl sites for hydroxylation is 1. The molecular weight excluding hydrogens is 360 g/mol. The average molecular weight is 385 g/mol. The maximum absolute atomic E-state index is 12.8. The number of anilines is 1. The first-order valence-corrected chi connectivity index (χ1v) is 9.27. The molecule has 3 aromatic rings. The Kier molecular flexibility index (Phi) is 6.01. The van der Waals surface area contributed by atoms with Crippen molar-refractivity contribution >= 4 is 35.0 Å². The van der Waals surface area contributed by atoms with Crippen molar-refractivity contribution < 1.29 is 4.79 Å². The fourth-order valence-electron chi connectivity index (χ4n) is 3.71. The van der Waals surface area contributed by atoms with E-state index in [4.69, 9.17) is 0 Å². The molecule has 0 atom stereocenters. The largest absolute Gasteiger partial charge is 0.339 e. The van der Waals surface area contributed by atoms with Crippen LogP contribution in [0.1, 0.15) is 12.5 Å². The van der Waals surface area contributed by atoms with E-state index in [0.29, 0.717) is 6.42 Å². The SMILES string of the molecule is CCn1ccnc1N1CCN(C(=O)Cc2cccc3ccccc23)CC1.Cl. The molecule has 5 nitrogen and oxygen atoms in total. The van der Waals surface area contributed by atoms with Crippen molar-refractivity contribution in [3.63, 3.8) is 0 Å². The molecule has 2 heterocycles. The molecule has 1 aliphatic rings. The monoisotopic (exact) mass is 384 g/mol. The molecule has 142 valence electrons. The minimum atomic E-state index is 0. The van der Waals surface area contributed by atoms with Crippen molar-refractivity contribution in [3.05, 3.63) is 60.4 Å². The van der Waals surface area contributed by atoms with Crippen LogP contribution in [-0.2, 0) is 17.8 Å². The molecule has 0 spiro atoms. The lowest BCUT2D eigenvalue weighted by Gasteiger charge is -2.35. The van der Waals surface area contributed by atoms with E-state index < -0.39 is 0 Å². The van der Waals surface area contributed by atoms with E-state index in [-0.39, 0.29) is 18.3 Å². The van der Waals surface area contributed by atoms with Crippen molar-refractivity contribution in [1.82, 2.24) is 14.5 Å². The van der Waals surface area contributed by atoms with Crippen LogP contribution in [0.5, 0.6) is 0 Å². The number of hydrogen-bond donors (Lipinski definition) is 0. The van der Waals surface area contributed by atoms with E-state index in [9.17, 15) is 4.79 Å². The molecule has 1 saturated heterocycles. The Morgan fingerprint density at radius 3 is 2.56 bits per heavy atom. The van der Waals surface area contributed by atoms with Crippen LogP contribution in [-0.4, -0.2) is 46.5 Å². The van der Waals surface area contributed by atoms with E-state index in [2.05, 4.69) is 45.6 Å². The second-order valence-corrected chi connectivity index (χ2v) is 6.70. The summed E-state index contributed by atoms with van der Waals surface area (Å²) in [5.41, 5.74) is 1.11. The van der Waals surface area contributed by atoms with Gasteiger partial charge in [0.05, 0.1) is 6.42 Å². The maximum Gasteiger partial charge on any atom is 0.227 e. The van der Waals surface area contributed by atoms with Gasteiger partial charge in [-0.15, -0.1) is 12.4 Å². The van der Waals surface area contributed by atoms with Crippen molar-refractivity contribution in [3.8, 4) is 0 Å². The Labute approximate surface area is 166 Å². The van der Waals surface area contributed by atoms with Crippen molar-refractivity contribution in [1.29, 1.82) is 0 Å². The zero-order valence-corrected chi connectivity index (χ0v) is 16.4. The van der Waals surface area contributed by atoms with Crippen LogP contribution in [0, 0.1) is 0 Å². The molecule has 1 amide bonds. The molecular formula is C21H25ClN4O. The summed E-state index contributed by atoms with van der Waals surface area (Å²) in [6, 6.07) is 14.5. The fourth-order valence-corrected chi connectivity index (χ4v) is 3.71. The summed E-state index contributed by atoms with van der Waals surface area (Å²) in [6.07, 6.45) is 4.31. The van der Waals surface area contributed by atoms with E-state index >= 15 is 0 Å². The van der Waals surface area contributed by atoms with E-state index in [0.717, 1.165) is 44.2 Å². The molecule has 0 radical (unpaired) electrons. The van der Waals surface area contributed by atoms with Gasteiger partial charge in [-0.3, -0.25) is 4.79 Å². The lowest BCUT2D eigenvalue weighted by molar-refractivity contribution is -0.130. The lowest BCUT2D eigenvalue weighted by atomic mass is 10.0. The summed E-state index contributed by atoms with van der Waals surface area (Å²) in [7, 11) is 0. The smallest absolute Gasteiger partial charge is 0.227 e. The number of amides is 1. The Balaban J connectivity index is 0.00000210. The highest BCUT2D eigenvalue weighted by Crippen LogP contribution is 2.20. The summed E-state index contributed by atoms with van der Waals surface area (Å²) < 4.78 is 2.15. The number of carbonyl (C=O) groups is 1. The summed E-state index contributed by atoms with van der Waals surface area (Å²) in [5, 5.41) is 2.36. The van der Waals surface area contributed by atoms with Gasteiger partial charge in [-0.2, -0.15) is 0 Å². The van der Waals surface area contributed by atoms with Gasteiger partial charge in [0.2, 0.25) is 11.9 Å². The van der Waals surface area contributed by atoms with Gasteiger partial charge < -0.3 is 14.4 Å². The summed E-state index contributed by atoms with van der Waals surface area (Å²) >= 11 is 0. The number of fused-ring (bicyclic) bond motifs is 1. The number of halogens is 1. The first-order valence-electron chi connectivity index (χ1n) is 9.27. The zero-order chi connectivity index (χ0) is 17.9. The van der Waals surface area contributed by atoms with Gasteiger partial charge in [-0.25, -0.2) is 4.98 Å². The van der Waals surface area contributed by atoms with Gasteiger partial charge in [-0.1, -0.05) is 42.5 Å². The Morgan fingerprint density at radius 1 is 1.04 bits per heavy atom. The number of hydrogen-bond acceptors (Lipinski definition) is 3. The molecule has 0 unspecified atom stereocenters. The number of rotatable bonds is 4. The van der Waals surface area contributed by atoms with Crippen molar-refractivity contribution in [2.75, 3.05) is 31.1 Å². The Bertz CT molecular complexity index is 910. The highest BCUT2D eigenvalue weighted by molar-refractivity contribution is 5.90. The number of carbonyl (C=O) groups excluding carboxylic acids is 1. The summed E-state index contributed by atoms with van der Waals surface area (Å²) in [4.78, 5) is 21.5. The van der Waals surface area contributed by atoms with Crippen LogP contribution in [0.4, 0.5) is 5.95 Å². The molecule has 0 N–H and O–H groups in total. The third-order valence-corrected chi connectivity index (χ3v) is 5.17. The second-order valence-electron chi connectivity index (χ2n) is 6.70. The molecule has 0 bridgehead atoms. The average Bonchev–Trinajstić information content (AvgIpc) is 3.17.